The first-order valence-electron chi connectivity index (χ1n) is 8.23. The lowest BCUT2D eigenvalue weighted by atomic mass is 9.99. The number of nitrogens with one attached hydrogen (secondary N) is 1. The molecule has 0 unspecified atom stereocenters. The van der Waals surface area contributed by atoms with Crippen molar-refractivity contribution in [3.8, 4) is 0 Å². The van der Waals surface area contributed by atoms with Gasteiger partial charge < -0.3 is 5.32 Å². The zero-order chi connectivity index (χ0) is 17.9. The van der Waals surface area contributed by atoms with Gasteiger partial charge in [-0.25, -0.2) is 4.99 Å². The summed E-state index contributed by atoms with van der Waals surface area (Å²) in [5, 5.41) is 3.61. The van der Waals surface area contributed by atoms with Crippen molar-refractivity contribution < 1.29 is 4.79 Å². The van der Waals surface area contributed by atoms with E-state index in [-0.39, 0.29) is 5.91 Å². The van der Waals surface area contributed by atoms with Gasteiger partial charge in [-0.2, -0.15) is 0 Å². The van der Waals surface area contributed by atoms with Crippen LogP contribution in [0.2, 0.25) is 5.02 Å². The van der Waals surface area contributed by atoms with Crippen LogP contribution in [-0.2, 0) is 4.79 Å². The fourth-order valence-corrected chi connectivity index (χ4v) is 2.96. The third-order valence-electron chi connectivity index (χ3n) is 4.11. The Morgan fingerprint density at radius 1 is 0.846 bits per heavy atom. The standard InChI is InChI=1S/C22H15ClN2O/c23-17-12-10-15(11-13-17)14-18-21(16-6-2-1-3-7-16)24-19-8-4-5-9-20(19)25-22(18)26/h1-14H,(H,25,26). The van der Waals surface area contributed by atoms with E-state index >= 15 is 0 Å². The van der Waals surface area contributed by atoms with Gasteiger partial charge in [0, 0.05) is 10.6 Å². The van der Waals surface area contributed by atoms with Crippen LogP contribution < -0.4 is 5.32 Å². The summed E-state index contributed by atoms with van der Waals surface area (Å²) in [6.07, 6.45) is 1.84. The van der Waals surface area contributed by atoms with E-state index in [1.54, 1.807) is 12.1 Å². The number of halogens is 1. The smallest absolute Gasteiger partial charge is 0.257 e. The van der Waals surface area contributed by atoms with Crippen molar-refractivity contribution >= 4 is 40.7 Å². The van der Waals surface area contributed by atoms with Crippen LogP contribution in [0.15, 0.2) is 89.4 Å². The van der Waals surface area contributed by atoms with Crippen molar-refractivity contribution in [2.45, 2.75) is 0 Å². The molecule has 0 aliphatic carbocycles. The number of para-hydroxylation sites is 2. The number of benzene rings is 3. The van der Waals surface area contributed by atoms with Gasteiger partial charge in [0.1, 0.15) is 0 Å². The molecule has 1 amide bonds. The van der Waals surface area contributed by atoms with E-state index in [0.29, 0.717) is 22.0 Å². The fourth-order valence-electron chi connectivity index (χ4n) is 2.83. The van der Waals surface area contributed by atoms with Gasteiger partial charge in [-0.15, -0.1) is 0 Å². The molecule has 0 saturated carbocycles. The number of hydrogen-bond acceptors (Lipinski definition) is 2. The summed E-state index contributed by atoms with van der Waals surface area (Å²) in [4.78, 5) is 17.7. The predicted octanol–water partition coefficient (Wildman–Crippen LogP) is 5.50. The lowest BCUT2D eigenvalue weighted by Crippen LogP contribution is -2.19. The maximum atomic E-state index is 12.9. The van der Waals surface area contributed by atoms with Crippen molar-refractivity contribution in [1.29, 1.82) is 0 Å². The number of carbonyl (C=O) groups is 1. The summed E-state index contributed by atoms with van der Waals surface area (Å²) < 4.78 is 0. The molecule has 1 aliphatic rings. The van der Waals surface area contributed by atoms with E-state index in [1.165, 1.54) is 0 Å². The topological polar surface area (TPSA) is 41.5 Å². The summed E-state index contributed by atoms with van der Waals surface area (Å²) in [7, 11) is 0. The van der Waals surface area contributed by atoms with Gasteiger partial charge in [0.15, 0.2) is 0 Å². The summed E-state index contributed by atoms with van der Waals surface area (Å²) in [6, 6.07) is 24.6. The van der Waals surface area contributed by atoms with Gasteiger partial charge in [0.05, 0.1) is 22.7 Å². The quantitative estimate of drug-likeness (QED) is 0.604. The zero-order valence-electron chi connectivity index (χ0n) is 13.8. The molecule has 0 bridgehead atoms. The average Bonchev–Trinajstić information content (AvgIpc) is 2.81. The molecule has 0 radical (unpaired) electrons. The number of amides is 1. The molecule has 4 heteroatoms. The Balaban J connectivity index is 1.91. The molecule has 26 heavy (non-hydrogen) atoms. The van der Waals surface area contributed by atoms with Gasteiger partial charge in [0.25, 0.3) is 5.91 Å². The number of aliphatic imine (C=N–C) groups is 1. The molecule has 0 atom stereocenters. The average molecular weight is 359 g/mol. The molecule has 0 fully saturated rings. The first-order chi connectivity index (χ1) is 12.7. The second kappa shape index (κ2) is 6.98. The molecular formula is C22H15ClN2O. The molecule has 126 valence electrons. The molecule has 3 aromatic rings. The minimum atomic E-state index is -0.187. The van der Waals surface area contributed by atoms with E-state index in [9.17, 15) is 4.79 Å². The largest absolute Gasteiger partial charge is 0.320 e. The van der Waals surface area contributed by atoms with Crippen LogP contribution >= 0.6 is 11.6 Å². The first-order valence-corrected chi connectivity index (χ1v) is 8.61. The van der Waals surface area contributed by atoms with Crippen molar-refractivity contribution in [3.63, 3.8) is 0 Å². The second-order valence-electron chi connectivity index (χ2n) is 5.91. The SMILES string of the molecule is O=C1Nc2ccccc2N=C(c2ccccc2)C1=Cc1ccc(Cl)cc1. The second-order valence-corrected chi connectivity index (χ2v) is 6.34. The Hall–Kier alpha value is -3.17. The molecule has 3 nitrogen and oxygen atoms in total. The Morgan fingerprint density at radius 3 is 2.31 bits per heavy atom. The van der Waals surface area contributed by atoms with Crippen LogP contribution in [0.4, 0.5) is 11.4 Å². The molecule has 4 rings (SSSR count). The van der Waals surface area contributed by atoms with Crippen molar-refractivity contribution in [1.82, 2.24) is 0 Å². The third-order valence-corrected chi connectivity index (χ3v) is 4.36. The van der Waals surface area contributed by atoms with E-state index in [0.717, 1.165) is 16.8 Å². The van der Waals surface area contributed by atoms with Crippen LogP contribution in [0.5, 0.6) is 0 Å². The van der Waals surface area contributed by atoms with Gasteiger partial charge >= 0.3 is 0 Å². The van der Waals surface area contributed by atoms with Gasteiger partial charge in [0.2, 0.25) is 0 Å². The minimum absolute atomic E-state index is 0.187. The van der Waals surface area contributed by atoms with Crippen LogP contribution in [0.25, 0.3) is 6.08 Å². The van der Waals surface area contributed by atoms with Gasteiger partial charge in [-0.1, -0.05) is 66.2 Å². The van der Waals surface area contributed by atoms with Crippen LogP contribution in [-0.4, -0.2) is 11.6 Å². The monoisotopic (exact) mass is 358 g/mol. The van der Waals surface area contributed by atoms with Crippen molar-refractivity contribution in [2.24, 2.45) is 4.99 Å². The van der Waals surface area contributed by atoms with E-state index in [1.807, 2.05) is 72.8 Å². The number of rotatable bonds is 2. The molecule has 1 heterocycles. The zero-order valence-corrected chi connectivity index (χ0v) is 14.6. The predicted molar refractivity (Wildman–Crippen MR) is 107 cm³/mol. The fraction of sp³-hybridized carbons (Fsp3) is 0. The summed E-state index contributed by atoms with van der Waals surface area (Å²) in [6.45, 7) is 0. The number of carbonyl (C=O) groups excluding carboxylic acids is 1. The molecule has 0 saturated heterocycles. The van der Waals surface area contributed by atoms with E-state index in [2.05, 4.69) is 5.32 Å². The summed E-state index contributed by atoms with van der Waals surface area (Å²) >= 11 is 5.97. The van der Waals surface area contributed by atoms with Gasteiger partial charge in [-0.05, 0) is 35.9 Å². The van der Waals surface area contributed by atoms with Gasteiger partial charge in [-0.3, -0.25) is 4.79 Å². The highest BCUT2D eigenvalue weighted by atomic mass is 35.5. The molecule has 1 aliphatic heterocycles. The van der Waals surface area contributed by atoms with Crippen molar-refractivity contribution in [2.75, 3.05) is 5.32 Å². The van der Waals surface area contributed by atoms with Crippen LogP contribution in [0.3, 0.4) is 0 Å². The van der Waals surface area contributed by atoms with Crippen molar-refractivity contribution in [3.05, 3.63) is 101 Å². The Kier molecular flexibility index (Phi) is 4.38. The Labute approximate surface area is 156 Å². The normalized spacial score (nSPS) is 15.0. The highest BCUT2D eigenvalue weighted by molar-refractivity contribution is 6.35. The molecule has 0 spiro atoms. The van der Waals surface area contributed by atoms with E-state index < -0.39 is 0 Å². The Bertz CT molecular complexity index is 1020. The molecule has 0 aromatic heterocycles. The van der Waals surface area contributed by atoms with E-state index in [4.69, 9.17) is 16.6 Å². The highest BCUT2D eigenvalue weighted by Crippen LogP contribution is 2.31. The van der Waals surface area contributed by atoms with Crippen LogP contribution in [0.1, 0.15) is 11.1 Å². The molecular weight excluding hydrogens is 344 g/mol. The lowest BCUT2D eigenvalue weighted by Gasteiger charge is -2.09. The summed E-state index contributed by atoms with van der Waals surface area (Å²) in [5.41, 5.74) is 4.36. The lowest BCUT2D eigenvalue weighted by molar-refractivity contribution is -0.112. The van der Waals surface area contributed by atoms with Crippen LogP contribution in [0, 0.1) is 0 Å². The summed E-state index contributed by atoms with van der Waals surface area (Å²) in [5.74, 6) is -0.187. The highest BCUT2D eigenvalue weighted by Gasteiger charge is 2.22. The maximum Gasteiger partial charge on any atom is 0.257 e. The number of nitrogens with zero attached hydrogens (tertiary/aromatic N) is 1. The maximum absolute atomic E-state index is 12.9. The number of anilines is 1. The Morgan fingerprint density at radius 2 is 1.54 bits per heavy atom. The molecule has 3 aromatic carbocycles. The number of hydrogen-bond donors (Lipinski definition) is 1. The number of fused-ring (bicyclic) bond motifs is 1. The first kappa shape index (κ1) is 16.3. The minimum Gasteiger partial charge on any atom is -0.320 e. The third kappa shape index (κ3) is 3.30. The molecule has 1 N–H and O–H groups in total.